The van der Waals surface area contributed by atoms with Crippen molar-refractivity contribution in [3.63, 3.8) is 0 Å². The lowest BCUT2D eigenvalue weighted by Crippen LogP contribution is -2.57. The van der Waals surface area contributed by atoms with Gasteiger partial charge in [-0.1, -0.05) is 59.3 Å². The Balaban J connectivity index is 2.14. The normalized spacial score (nSPS) is 25.1. The Labute approximate surface area is 121 Å². The van der Waals surface area contributed by atoms with E-state index in [4.69, 9.17) is 0 Å². The number of piperazine rings is 1. The van der Waals surface area contributed by atoms with Gasteiger partial charge in [0.25, 0.3) is 0 Å². The van der Waals surface area contributed by atoms with Gasteiger partial charge in [-0.3, -0.25) is 4.90 Å². The van der Waals surface area contributed by atoms with E-state index < -0.39 is 0 Å². The molecule has 0 aromatic heterocycles. The molecule has 1 fully saturated rings. The Hall–Kier alpha value is -0.0800. The Bertz CT molecular complexity index is 215. The number of hydrogen-bond acceptors (Lipinski definition) is 2. The first-order valence-electron chi connectivity index (χ1n) is 8.62. The Morgan fingerprint density at radius 2 is 1.68 bits per heavy atom. The summed E-state index contributed by atoms with van der Waals surface area (Å²) in [4.78, 5) is 2.73. The summed E-state index contributed by atoms with van der Waals surface area (Å²) in [7, 11) is 0. The van der Waals surface area contributed by atoms with Crippen molar-refractivity contribution in [1.29, 1.82) is 0 Å². The van der Waals surface area contributed by atoms with E-state index in [0.29, 0.717) is 6.04 Å². The van der Waals surface area contributed by atoms with Crippen LogP contribution >= 0.6 is 0 Å². The highest BCUT2D eigenvalue weighted by Crippen LogP contribution is 2.16. The third-order valence-corrected chi connectivity index (χ3v) is 4.47. The van der Waals surface area contributed by atoms with Gasteiger partial charge in [0, 0.05) is 25.2 Å². The van der Waals surface area contributed by atoms with Crippen LogP contribution in [0, 0.1) is 5.92 Å². The predicted octanol–water partition coefficient (Wildman–Crippen LogP) is 4.06. The lowest BCUT2D eigenvalue weighted by Gasteiger charge is -2.41. The van der Waals surface area contributed by atoms with Crippen molar-refractivity contribution < 1.29 is 0 Å². The molecule has 1 aliphatic rings. The molecule has 0 aromatic rings. The summed E-state index contributed by atoms with van der Waals surface area (Å²) in [6.45, 7) is 13.0. The van der Waals surface area contributed by atoms with Crippen molar-refractivity contribution in [2.24, 2.45) is 5.92 Å². The topological polar surface area (TPSA) is 15.3 Å². The quantitative estimate of drug-likeness (QED) is 0.635. The molecule has 0 bridgehead atoms. The van der Waals surface area contributed by atoms with E-state index in [1.807, 2.05) is 0 Å². The lowest BCUT2D eigenvalue weighted by atomic mass is 9.98. The molecule has 0 saturated carbocycles. The third kappa shape index (κ3) is 6.76. The van der Waals surface area contributed by atoms with Gasteiger partial charge in [0.05, 0.1) is 0 Å². The summed E-state index contributed by atoms with van der Waals surface area (Å²) < 4.78 is 0. The second kappa shape index (κ2) is 9.77. The highest BCUT2D eigenvalue weighted by atomic mass is 15.2. The summed E-state index contributed by atoms with van der Waals surface area (Å²) >= 11 is 0. The van der Waals surface area contributed by atoms with E-state index >= 15 is 0 Å². The van der Waals surface area contributed by atoms with Crippen molar-refractivity contribution in [2.75, 3.05) is 19.6 Å². The standard InChI is InChI=1S/C17H36N2/c1-5-6-7-8-9-10-11-12-19-14-16(4)18-13-17(19)15(2)3/h15-18H,5-14H2,1-4H3. The Kier molecular flexibility index (Phi) is 8.72. The fourth-order valence-corrected chi connectivity index (χ4v) is 3.19. The van der Waals surface area contributed by atoms with Crippen LogP contribution in [0.15, 0.2) is 0 Å². The molecular weight excluding hydrogens is 232 g/mol. The predicted molar refractivity (Wildman–Crippen MR) is 85.7 cm³/mol. The van der Waals surface area contributed by atoms with E-state index in [2.05, 4.69) is 37.9 Å². The summed E-state index contributed by atoms with van der Waals surface area (Å²) in [5.41, 5.74) is 0. The average Bonchev–Trinajstić information content (AvgIpc) is 2.37. The van der Waals surface area contributed by atoms with E-state index in [-0.39, 0.29) is 0 Å². The summed E-state index contributed by atoms with van der Waals surface area (Å²) in [6.07, 6.45) is 9.91. The second-order valence-corrected chi connectivity index (χ2v) is 6.74. The van der Waals surface area contributed by atoms with Gasteiger partial charge < -0.3 is 5.32 Å². The molecule has 0 spiro atoms. The minimum atomic E-state index is 0.666. The second-order valence-electron chi connectivity index (χ2n) is 6.74. The number of nitrogens with zero attached hydrogens (tertiary/aromatic N) is 1. The number of nitrogens with one attached hydrogen (secondary N) is 1. The minimum absolute atomic E-state index is 0.666. The van der Waals surface area contributed by atoms with Crippen LogP contribution in [-0.2, 0) is 0 Å². The van der Waals surface area contributed by atoms with Crippen molar-refractivity contribution in [3.05, 3.63) is 0 Å². The molecule has 114 valence electrons. The SMILES string of the molecule is CCCCCCCCCN1CC(C)NCC1C(C)C. The molecule has 1 heterocycles. The zero-order valence-corrected chi connectivity index (χ0v) is 13.8. The van der Waals surface area contributed by atoms with Crippen LogP contribution in [0.2, 0.25) is 0 Å². The van der Waals surface area contributed by atoms with Crippen LogP contribution in [0.3, 0.4) is 0 Å². The number of rotatable bonds is 9. The van der Waals surface area contributed by atoms with E-state index in [1.165, 1.54) is 64.6 Å². The van der Waals surface area contributed by atoms with Crippen LogP contribution in [0.25, 0.3) is 0 Å². The molecule has 0 amide bonds. The molecule has 2 nitrogen and oxygen atoms in total. The zero-order valence-electron chi connectivity index (χ0n) is 13.8. The Morgan fingerprint density at radius 1 is 1.05 bits per heavy atom. The van der Waals surface area contributed by atoms with Crippen molar-refractivity contribution in [1.82, 2.24) is 10.2 Å². The smallest absolute Gasteiger partial charge is 0.0244 e. The minimum Gasteiger partial charge on any atom is -0.311 e. The van der Waals surface area contributed by atoms with Gasteiger partial charge in [0.15, 0.2) is 0 Å². The molecule has 2 unspecified atom stereocenters. The lowest BCUT2D eigenvalue weighted by molar-refractivity contribution is 0.101. The summed E-state index contributed by atoms with van der Waals surface area (Å²) in [5.74, 6) is 0.768. The number of hydrogen-bond donors (Lipinski definition) is 1. The maximum atomic E-state index is 3.63. The first kappa shape index (κ1) is 17.0. The fraction of sp³-hybridized carbons (Fsp3) is 1.00. The highest BCUT2D eigenvalue weighted by Gasteiger charge is 2.27. The van der Waals surface area contributed by atoms with Gasteiger partial charge in [-0.25, -0.2) is 0 Å². The van der Waals surface area contributed by atoms with E-state index in [9.17, 15) is 0 Å². The van der Waals surface area contributed by atoms with Crippen LogP contribution in [-0.4, -0.2) is 36.6 Å². The summed E-state index contributed by atoms with van der Waals surface area (Å²) in [5, 5.41) is 3.63. The monoisotopic (exact) mass is 268 g/mol. The van der Waals surface area contributed by atoms with Gasteiger partial charge in [-0.15, -0.1) is 0 Å². The van der Waals surface area contributed by atoms with Crippen LogP contribution in [0.1, 0.15) is 72.6 Å². The average molecular weight is 268 g/mol. The van der Waals surface area contributed by atoms with E-state index in [0.717, 1.165) is 12.0 Å². The molecule has 1 aliphatic heterocycles. The largest absolute Gasteiger partial charge is 0.311 e. The van der Waals surface area contributed by atoms with Gasteiger partial charge in [-0.2, -0.15) is 0 Å². The maximum absolute atomic E-state index is 3.63. The van der Waals surface area contributed by atoms with Crippen LogP contribution < -0.4 is 5.32 Å². The number of unbranched alkanes of at least 4 members (excludes halogenated alkanes) is 6. The van der Waals surface area contributed by atoms with Gasteiger partial charge in [0.2, 0.25) is 0 Å². The molecule has 0 aromatic carbocycles. The van der Waals surface area contributed by atoms with E-state index in [1.54, 1.807) is 0 Å². The van der Waals surface area contributed by atoms with Crippen LogP contribution in [0.5, 0.6) is 0 Å². The first-order valence-corrected chi connectivity index (χ1v) is 8.62. The molecule has 1 N–H and O–H groups in total. The third-order valence-electron chi connectivity index (χ3n) is 4.47. The highest BCUT2D eigenvalue weighted by molar-refractivity contribution is 4.85. The van der Waals surface area contributed by atoms with Crippen molar-refractivity contribution in [3.8, 4) is 0 Å². The van der Waals surface area contributed by atoms with Crippen molar-refractivity contribution in [2.45, 2.75) is 84.7 Å². The van der Waals surface area contributed by atoms with Crippen LogP contribution in [0.4, 0.5) is 0 Å². The zero-order chi connectivity index (χ0) is 14.1. The Morgan fingerprint density at radius 3 is 2.32 bits per heavy atom. The molecule has 1 rings (SSSR count). The molecule has 2 heteroatoms. The molecular formula is C17H36N2. The molecule has 0 aliphatic carbocycles. The van der Waals surface area contributed by atoms with Crippen molar-refractivity contribution >= 4 is 0 Å². The molecule has 0 radical (unpaired) electrons. The van der Waals surface area contributed by atoms with Gasteiger partial charge >= 0.3 is 0 Å². The fourth-order valence-electron chi connectivity index (χ4n) is 3.19. The molecule has 2 atom stereocenters. The van der Waals surface area contributed by atoms with Gasteiger partial charge in [0.1, 0.15) is 0 Å². The maximum Gasteiger partial charge on any atom is 0.0244 e. The molecule has 19 heavy (non-hydrogen) atoms. The summed E-state index contributed by atoms with van der Waals surface area (Å²) in [6, 6.07) is 1.41. The molecule has 1 saturated heterocycles. The van der Waals surface area contributed by atoms with Gasteiger partial charge in [-0.05, 0) is 25.8 Å². The first-order chi connectivity index (χ1) is 9.15.